The number of sulfonamides is 1. The fourth-order valence-corrected chi connectivity index (χ4v) is 9.53. The fraction of sp³-hybridized carbons (Fsp3) is 0.583. The molecular formula is C36H47ClN2O7S. The van der Waals surface area contributed by atoms with Crippen molar-refractivity contribution in [3.05, 3.63) is 70.3 Å². The lowest BCUT2D eigenvalue weighted by Gasteiger charge is -2.46. The van der Waals surface area contributed by atoms with Gasteiger partial charge in [-0.05, 0) is 97.7 Å². The molecule has 0 unspecified atom stereocenters. The largest absolute Gasteiger partial charge is 0.490 e. The molecule has 1 N–H and O–H groups in total. The van der Waals surface area contributed by atoms with Gasteiger partial charge in [-0.3, -0.25) is 4.79 Å². The molecule has 1 saturated carbocycles. The Bertz CT molecular complexity index is 1580. The number of rotatable bonds is 6. The predicted molar refractivity (Wildman–Crippen MR) is 183 cm³/mol. The number of nitrogens with one attached hydrogen (secondary N) is 1. The van der Waals surface area contributed by atoms with Crippen molar-refractivity contribution < 1.29 is 32.2 Å². The lowest BCUT2D eigenvalue weighted by atomic mass is 9.68. The summed E-state index contributed by atoms with van der Waals surface area (Å²) in [5, 5.41) is -0.171. The first-order chi connectivity index (χ1) is 22.6. The third-order valence-corrected chi connectivity index (χ3v) is 12.5. The van der Waals surface area contributed by atoms with Gasteiger partial charge in [-0.1, -0.05) is 36.7 Å². The molecule has 6 rings (SSSR count). The molecule has 2 aliphatic heterocycles. The van der Waals surface area contributed by atoms with Crippen LogP contribution in [0.2, 0.25) is 5.02 Å². The van der Waals surface area contributed by atoms with Gasteiger partial charge in [0.2, 0.25) is 10.0 Å². The first kappa shape index (κ1) is 34.2. The monoisotopic (exact) mass is 686 g/mol. The molecule has 47 heavy (non-hydrogen) atoms. The van der Waals surface area contributed by atoms with Crippen molar-refractivity contribution in [2.24, 2.45) is 17.8 Å². The highest BCUT2D eigenvalue weighted by Gasteiger charge is 2.44. The van der Waals surface area contributed by atoms with Gasteiger partial charge in [0, 0.05) is 43.3 Å². The number of nitrogens with zero attached hydrogens (tertiary/aromatic N) is 1. The summed E-state index contributed by atoms with van der Waals surface area (Å²) in [6.07, 6.45) is 9.41. The molecule has 6 atom stereocenters. The molecule has 0 aromatic heterocycles. The predicted octanol–water partition coefficient (Wildman–Crippen LogP) is 5.54. The molecule has 2 bridgehead atoms. The third kappa shape index (κ3) is 7.37. The van der Waals surface area contributed by atoms with Gasteiger partial charge in [0.15, 0.2) is 0 Å². The maximum absolute atomic E-state index is 13.6. The Morgan fingerprint density at radius 1 is 1.09 bits per heavy atom. The molecule has 1 amide bonds. The summed E-state index contributed by atoms with van der Waals surface area (Å²) in [5.41, 5.74) is 3.34. The van der Waals surface area contributed by atoms with Crippen LogP contribution in [0.4, 0.5) is 5.69 Å². The summed E-state index contributed by atoms with van der Waals surface area (Å²) < 4.78 is 53.1. The molecule has 4 aliphatic rings. The smallest absolute Gasteiger partial charge is 0.264 e. The van der Waals surface area contributed by atoms with Crippen molar-refractivity contribution in [1.29, 1.82) is 0 Å². The second-order valence-corrected chi connectivity index (χ2v) is 16.2. The van der Waals surface area contributed by atoms with Crippen LogP contribution >= 0.6 is 11.6 Å². The van der Waals surface area contributed by atoms with Gasteiger partial charge in [0.1, 0.15) is 11.0 Å². The molecule has 9 nitrogen and oxygen atoms in total. The molecule has 1 fully saturated rings. The quantitative estimate of drug-likeness (QED) is 0.312. The fourth-order valence-electron chi connectivity index (χ4n) is 7.92. The van der Waals surface area contributed by atoms with E-state index in [0.717, 1.165) is 49.4 Å². The second-order valence-electron chi connectivity index (χ2n) is 13.8. The Balaban J connectivity index is 1.42. The highest BCUT2D eigenvalue weighted by atomic mass is 35.5. The molecule has 2 heterocycles. The minimum atomic E-state index is -4.05. The molecule has 2 aliphatic carbocycles. The highest BCUT2D eigenvalue weighted by molar-refractivity contribution is 7.90. The van der Waals surface area contributed by atoms with Gasteiger partial charge in [-0.2, -0.15) is 0 Å². The second kappa shape index (κ2) is 14.5. The standard InChI is InChI=1S/C36H47ClN2O7S/c1-24-6-12-33(45-16-15-43-2)30-10-7-27(30)20-39-22-36(14-4-5-25-18-28(37)9-11-31(25)36)23-46-34-13-8-26(19-32(34)39)35(40)38-47(41,42)29(17-24)21-44-3/h6,8-9,11-13,18-19,24,27,29-30,33H,4-5,7,10,14-17,20-23H2,1-3H3,(H,38,40)/b12-6+/t24-,27+,29+,30-,33+,36+/m1/s1. The van der Waals surface area contributed by atoms with Crippen LogP contribution in [0.25, 0.3) is 0 Å². The summed E-state index contributed by atoms with van der Waals surface area (Å²) >= 11 is 6.44. The van der Waals surface area contributed by atoms with E-state index in [1.54, 1.807) is 19.2 Å². The molecule has 0 saturated heterocycles. The van der Waals surface area contributed by atoms with E-state index >= 15 is 0 Å². The summed E-state index contributed by atoms with van der Waals surface area (Å²) in [6, 6.07) is 11.5. The molecule has 11 heteroatoms. The summed E-state index contributed by atoms with van der Waals surface area (Å²) in [4.78, 5) is 16.0. The van der Waals surface area contributed by atoms with E-state index in [2.05, 4.69) is 33.9 Å². The average molecular weight is 687 g/mol. The van der Waals surface area contributed by atoms with Crippen molar-refractivity contribution in [2.75, 3.05) is 58.6 Å². The van der Waals surface area contributed by atoms with Crippen LogP contribution in [0.5, 0.6) is 5.75 Å². The van der Waals surface area contributed by atoms with Gasteiger partial charge in [-0.25, -0.2) is 13.1 Å². The average Bonchev–Trinajstić information content (AvgIpc) is 3.17. The van der Waals surface area contributed by atoms with Gasteiger partial charge < -0.3 is 23.8 Å². The van der Waals surface area contributed by atoms with E-state index < -0.39 is 21.2 Å². The van der Waals surface area contributed by atoms with Crippen LogP contribution in [0, 0.1) is 17.8 Å². The van der Waals surface area contributed by atoms with Crippen molar-refractivity contribution >= 4 is 33.2 Å². The van der Waals surface area contributed by atoms with Crippen molar-refractivity contribution in [1.82, 2.24) is 4.72 Å². The lowest BCUT2D eigenvalue weighted by molar-refractivity contribution is -0.0310. The van der Waals surface area contributed by atoms with Gasteiger partial charge >= 0.3 is 0 Å². The van der Waals surface area contributed by atoms with E-state index in [0.29, 0.717) is 44.5 Å². The normalized spacial score (nSPS) is 31.0. The number of hydrogen-bond donors (Lipinski definition) is 1. The molecule has 2 aromatic carbocycles. The first-order valence-electron chi connectivity index (χ1n) is 16.8. The number of halogens is 1. The maximum Gasteiger partial charge on any atom is 0.264 e. The summed E-state index contributed by atoms with van der Waals surface area (Å²) in [7, 11) is -0.905. The van der Waals surface area contributed by atoms with Crippen LogP contribution in [-0.4, -0.2) is 79.4 Å². The Hall–Kier alpha value is -2.63. The minimum Gasteiger partial charge on any atom is -0.490 e. The van der Waals surface area contributed by atoms with Crippen molar-refractivity contribution in [3.63, 3.8) is 0 Å². The number of fused-ring (bicyclic) bond motifs is 4. The number of amides is 1. The molecule has 0 radical (unpaired) electrons. The Kier molecular flexibility index (Phi) is 10.5. The summed E-state index contributed by atoms with van der Waals surface area (Å²) in [6.45, 7) is 4.90. The number of carbonyl (C=O) groups excluding carboxylic acids is 1. The van der Waals surface area contributed by atoms with E-state index in [-0.39, 0.29) is 35.5 Å². The summed E-state index contributed by atoms with van der Waals surface area (Å²) in [5.74, 6) is 0.585. The molecule has 2 aromatic rings. The third-order valence-electron chi connectivity index (χ3n) is 10.5. The number of ether oxygens (including phenoxy) is 4. The zero-order valence-corrected chi connectivity index (χ0v) is 29.2. The van der Waals surface area contributed by atoms with Crippen molar-refractivity contribution in [3.8, 4) is 5.75 Å². The van der Waals surface area contributed by atoms with E-state index in [9.17, 15) is 13.2 Å². The van der Waals surface area contributed by atoms with Gasteiger partial charge in [0.25, 0.3) is 5.91 Å². The number of anilines is 1. The number of hydrogen-bond acceptors (Lipinski definition) is 8. The number of methoxy groups -OCH3 is 2. The Morgan fingerprint density at radius 2 is 1.94 bits per heavy atom. The van der Waals surface area contributed by atoms with Crippen LogP contribution < -0.4 is 14.4 Å². The number of carbonyl (C=O) groups is 1. The van der Waals surface area contributed by atoms with Crippen LogP contribution in [0.15, 0.2) is 48.6 Å². The zero-order chi connectivity index (χ0) is 33.2. The van der Waals surface area contributed by atoms with Gasteiger partial charge in [0.05, 0.1) is 38.2 Å². The molecule has 1 spiro atoms. The topological polar surface area (TPSA) is 103 Å². The zero-order valence-electron chi connectivity index (χ0n) is 27.6. The number of allylic oxidation sites excluding steroid dienone is 1. The molecular weight excluding hydrogens is 640 g/mol. The van der Waals surface area contributed by atoms with Crippen LogP contribution in [0.1, 0.15) is 60.5 Å². The van der Waals surface area contributed by atoms with E-state index in [1.807, 2.05) is 19.1 Å². The van der Waals surface area contributed by atoms with E-state index in [4.69, 9.17) is 30.5 Å². The number of aryl methyl sites for hydroxylation is 1. The highest BCUT2D eigenvalue weighted by Crippen LogP contribution is 2.47. The van der Waals surface area contributed by atoms with Crippen LogP contribution in [0.3, 0.4) is 0 Å². The van der Waals surface area contributed by atoms with Crippen LogP contribution in [-0.2, 0) is 36.1 Å². The van der Waals surface area contributed by atoms with Crippen molar-refractivity contribution in [2.45, 2.75) is 62.2 Å². The van der Waals surface area contributed by atoms with Gasteiger partial charge in [-0.15, -0.1) is 0 Å². The first-order valence-corrected chi connectivity index (χ1v) is 18.7. The number of benzene rings is 2. The Labute approximate surface area is 284 Å². The SMILES string of the molecule is COCCO[C@H]1/C=C/[C@@H](C)C[C@@H](COC)S(=O)(=O)NC(=O)c2ccc3c(c2)N(C[C@@H]2CC[C@H]21)C[C@@]1(CCCc2cc(Cl)ccc21)CO3. The minimum absolute atomic E-state index is 0.0279. The van der Waals surface area contributed by atoms with E-state index in [1.165, 1.54) is 18.2 Å². The molecule has 256 valence electrons. The maximum atomic E-state index is 13.6. The lowest BCUT2D eigenvalue weighted by Crippen LogP contribution is -2.49. The Morgan fingerprint density at radius 3 is 2.70 bits per heavy atom.